The lowest BCUT2D eigenvalue weighted by Gasteiger charge is -2.25. The van der Waals surface area contributed by atoms with Crippen LogP contribution in [0.25, 0.3) is 0 Å². The van der Waals surface area contributed by atoms with Crippen molar-refractivity contribution >= 4 is 5.78 Å². The first-order valence-corrected chi connectivity index (χ1v) is 6.61. The predicted molar refractivity (Wildman–Crippen MR) is 72.9 cm³/mol. The summed E-state index contributed by atoms with van der Waals surface area (Å²) < 4.78 is 1.89. The first-order valence-electron chi connectivity index (χ1n) is 6.61. The summed E-state index contributed by atoms with van der Waals surface area (Å²) in [5.41, 5.74) is 0.793. The van der Waals surface area contributed by atoms with Crippen LogP contribution < -0.4 is 0 Å². The molecule has 1 saturated heterocycles. The van der Waals surface area contributed by atoms with Crippen molar-refractivity contribution < 1.29 is 4.79 Å². The number of carbonyl (C=O) groups excluding carboxylic acids is 1. The number of hydrogen-bond acceptors (Lipinski definition) is 3. The SMILES string of the molecule is CN(CC(=O)c1cccn1C)CC1CCCN1C. The zero-order valence-electron chi connectivity index (χ0n) is 11.6. The summed E-state index contributed by atoms with van der Waals surface area (Å²) in [6, 6.07) is 4.41. The molecule has 1 aliphatic rings. The highest BCUT2D eigenvalue weighted by molar-refractivity contribution is 5.96. The van der Waals surface area contributed by atoms with Crippen LogP contribution in [0.3, 0.4) is 0 Å². The van der Waals surface area contributed by atoms with Crippen LogP contribution in [0, 0.1) is 0 Å². The van der Waals surface area contributed by atoms with E-state index >= 15 is 0 Å². The first-order chi connectivity index (χ1) is 8.58. The second kappa shape index (κ2) is 5.67. The van der Waals surface area contributed by atoms with E-state index in [1.807, 2.05) is 37.0 Å². The molecule has 18 heavy (non-hydrogen) atoms. The smallest absolute Gasteiger partial charge is 0.193 e. The highest BCUT2D eigenvalue weighted by Crippen LogP contribution is 2.15. The molecular weight excluding hydrogens is 226 g/mol. The third-order valence-corrected chi connectivity index (χ3v) is 3.84. The van der Waals surface area contributed by atoms with Crippen LogP contribution in [-0.2, 0) is 7.05 Å². The van der Waals surface area contributed by atoms with Crippen LogP contribution in [0.5, 0.6) is 0 Å². The third kappa shape index (κ3) is 3.00. The standard InChI is InChI=1S/C14H23N3O/c1-15(10-12-6-4-8-16(12)2)11-14(18)13-7-5-9-17(13)3/h5,7,9,12H,4,6,8,10-11H2,1-3H3. The normalized spacial score (nSPS) is 20.8. The fourth-order valence-electron chi connectivity index (χ4n) is 2.71. The molecule has 0 spiro atoms. The number of likely N-dealkylation sites (tertiary alicyclic amines) is 1. The highest BCUT2D eigenvalue weighted by Gasteiger charge is 2.23. The molecule has 0 bridgehead atoms. The second-order valence-corrected chi connectivity index (χ2v) is 5.40. The zero-order valence-corrected chi connectivity index (χ0v) is 11.6. The Balaban J connectivity index is 1.86. The summed E-state index contributed by atoms with van der Waals surface area (Å²) in [7, 11) is 6.12. The molecule has 1 unspecified atom stereocenters. The lowest BCUT2D eigenvalue weighted by atomic mass is 10.2. The van der Waals surface area contributed by atoms with E-state index < -0.39 is 0 Å². The van der Waals surface area contributed by atoms with Crippen LogP contribution in [0.1, 0.15) is 23.3 Å². The Kier molecular flexibility index (Phi) is 4.19. The quantitative estimate of drug-likeness (QED) is 0.735. The lowest BCUT2D eigenvalue weighted by molar-refractivity contribution is 0.0924. The Labute approximate surface area is 109 Å². The average Bonchev–Trinajstić information content (AvgIpc) is 2.88. The van der Waals surface area contributed by atoms with E-state index in [0.717, 1.165) is 12.2 Å². The maximum atomic E-state index is 12.1. The van der Waals surface area contributed by atoms with Crippen molar-refractivity contribution in [3.05, 3.63) is 24.0 Å². The van der Waals surface area contributed by atoms with Gasteiger partial charge in [0.2, 0.25) is 0 Å². The van der Waals surface area contributed by atoms with Gasteiger partial charge in [0.05, 0.1) is 12.2 Å². The molecule has 0 aromatic carbocycles. The Hall–Kier alpha value is -1.13. The van der Waals surface area contributed by atoms with Crippen molar-refractivity contribution in [3.8, 4) is 0 Å². The topological polar surface area (TPSA) is 28.5 Å². The maximum absolute atomic E-state index is 12.1. The molecule has 4 heteroatoms. The van der Waals surface area contributed by atoms with Crippen molar-refractivity contribution in [2.75, 3.05) is 33.7 Å². The highest BCUT2D eigenvalue weighted by atomic mass is 16.1. The van der Waals surface area contributed by atoms with Gasteiger partial charge >= 0.3 is 0 Å². The maximum Gasteiger partial charge on any atom is 0.193 e. The molecule has 2 heterocycles. The Morgan fingerprint density at radius 3 is 2.83 bits per heavy atom. The van der Waals surface area contributed by atoms with E-state index in [9.17, 15) is 4.79 Å². The minimum Gasteiger partial charge on any atom is -0.348 e. The van der Waals surface area contributed by atoms with Gasteiger partial charge in [-0.3, -0.25) is 9.69 Å². The Morgan fingerprint density at radius 1 is 1.50 bits per heavy atom. The fraction of sp³-hybridized carbons (Fsp3) is 0.643. The van der Waals surface area contributed by atoms with Crippen LogP contribution in [0.2, 0.25) is 0 Å². The van der Waals surface area contributed by atoms with Crippen molar-refractivity contribution in [2.24, 2.45) is 7.05 Å². The molecule has 0 amide bonds. The van der Waals surface area contributed by atoms with Gasteiger partial charge in [0.1, 0.15) is 0 Å². The zero-order chi connectivity index (χ0) is 13.1. The lowest BCUT2D eigenvalue weighted by Crippen LogP contribution is -2.39. The van der Waals surface area contributed by atoms with Gasteiger partial charge < -0.3 is 9.47 Å². The average molecular weight is 249 g/mol. The van der Waals surface area contributed by atoms with Crippen molar-refractivity contribution in [1.82, 2.24) is 14.4 Å². The number of aromatic nitrogens is 1. The van der Waals surface area contributed by atoms with Gasteiger partial charge in [-0.1, -0.05) is 0 Å². The summed E-state index contributed by atoms with van der Waals surface area (Å²) in [5, 5.41) is 0. The molecule has 1 aromatic rings. The molecule has 0 aliphatic carbocycles. The van der Waals surface area contributed by atoms with Crippen molar-refractivity contribution in [2.45, 2.75) is 18.9 Å². The Morgan fingerprint density at radius 2 is 2.28 bits per heavy atom. The van der Waals surface area contributed by atoms with E-state index in [2.05, 4.69) is 16.8 Å². The van der Waals surface area contributed by atoms with Crippen LogP contribution >= 0.6 is 0 Å². The summed E-state index contributed by atoms with van der Waals surface area (Å²) in [4.78, 5) is 16.6. The van der Waals surface area contributed by atoms with Crippen molar-refractivity contribution in [1.29, 1.82) is 0 Å². The number of Topliss-reactive ketones (excluding diaryl/α,β-unsaturated/α-hetero) is 1. The molecule has 2 rings (SSSR count). The predicted octanol–water partition coefficient (Wildman–Crippen LogP) is 1.23. The summed E-state index contributed by atoms with van der Waals surface area (Å²) >= 11 is 0. The van der Waals surface area contributed by atoms with E-state index in [0.29, 0.717) is 12.6 Å². The number of aryl methyl sites for hydroxylation is 1. The minimum absolute atomic E-state index is 0.200. The third-order valence-electron chi connectivity index (χ3n) is 3.84. The molecule has 0 saturated carbocycles. The van der Waals surface area contributed by atoms with Gasteiger partial charge in [-0.05, 0) is 45.6 Å². The molecule has 0 N–H and O–H groups in total. The van der Waals surface area contributed by atoms with Gasteiger partial charge in [0, 0.05) is 25.8 Å². The summed E-state index contributed by atoms with van der Waals surface area (Å²) in [6.07, 6.45) is 4.44. The number of rotatable bonds is 5. The molecule has 0 radical (unpaired) electrons. The molecule has 1 aromatic heterocycles. The van der Waals surface area contributed by atoms with Crippen LogP contribution in [0.4, 0.5) is 0 Å². The first kappa shape index (κ1) is 13.3. The molecule has 1 fully saturated rings. The number of hydrogen-bond donors (Lipinski definition) is 0. The molecule has 100 valence electrons. The molecule has 1 atom stereocenters. The van der Waals surface area contributed by atoms with E-state index in [1.54, 1.807) is 0 Å². The largest absolute Gasteiger partial charge is 0.348 e. The van der Waals surface area contributed by atoms with Crippen molar-refractivity contribution in [3.63, 3.8) is 0 Å². The monoisotopic (exact) mass is 249 g/mol. The number of likely N-dealkylation sites (N-methyl/N-ethyl adjacent to an activating group) is 2. The van der Waals surface area contributed by atoms with Crippen LogP contribution in [0.15, 0.2) is 18.3 Å². The van der Waals surface area contributed by atoms with Gasteiger partial charge in [0.15, 0.2) is 5.78 Å². The summed E-state index contributed by atoms with van der Waals surface area (Å²) in [5.74, 6) is 0.200. The number of ketones is 1. The van der Waals surface area contributed by atoms with Gasteiger partial charge in [-0.15, -0.1) is 0 Å². The summed E-state index contributed by atoms with van der Waals surface area (Å²) in [6.45, 7) is 2.67. The van der Waals surface area contributed by atoms with E-state index in [-0.39, 0.29) is 5.78 Å². The van der Waals surface area contributed by atoms with Gasteiger partial charge in [-0.2, -0.15) is 0 Å². The van der Waals surface area contributed by atoms with Gasteiger partial charge in [0.25, 0.3) is 0 Å². The van der Waals surface area contributed by atoms with Crippen LogP contribution in [-0.4, -0.2) is 59.9 Å². The minimum atomic E-state index is 0.200. The van der Waals surface area contributed by atoms with Gasteiger partial charge in [-0.25, -0.2) is 0 Å². The second-order valence-electron chi connectivity index (χ2n) is 5.40. The molecule has 1 aliphatic heterocycles. The van der Waals surface area contributed by atoms with E-state index in [4.69, 9.17) is 0 Å². The number of carbonyl (C=O) groups is 1. The number of nitrogens with zero attached hydrogens (tertiary/aromatic N) is 3. The fourth-order valence-corrected chi connectivity index (χ4v) is 2.71. The molecule has 4 nitrogen and oxygen atoms in total. The molecular formula is C14H23N3O. The Bertz CT molecular complexity index is 413. The van der Waals surface area contributed by atoms with E-state index in [1.165, 1.54) is 19.4 Å².